The molecular weight excluding hydrogens is 429 g/mol. The fraction of sp³-hybridized carbons (Fsp3) is 0.125. The average molecular weight is 447 g/mol. The van der Waals surface area contributed by atoms with E-state index in [-0.39, 0.29) is 18.4 Å². The van der Waals surface area contributed by atoms with Crippen molar-refractivity contribution < 1.29 is 18.7 Å². The van der Waals surface area contributed by atoms with Gasteiger partial charge < -0.3 is 10.1 Å². The smallest absolute Gasteiger partial charge is 0.260 e. The normalized spacial score (nSPS) is 12.1. The lowest BCUT2D eigenvalue weighted by Gasteiger charge is -2.21. The summed E-state index contributed by atoms with van der Waals surface area (Å²) in [4.78, 5) is 32.6. The SMILES string of the molecule is CC#CCN1C(=O)c2ccc(F)cc2Sc2cc(NC(=O)c3ccc(OC)nc3)ccc21. The van der Waals surface area contributed by atoms with Crippen molar-refractivity contribution in [3.63, 3.8) is 0 Å². The van der Waals surface area contributed by atoms with Crippen LogP contribution < -0.4 is 15.0 Å². The summed E-state index contributed by atoms with van der Waals surface area (Å²) >= 11 is 1.27. The summed E-state index contributed by atoms with van der Waals surface area (Å²) in [5.74, 6) is 5.11. The number of rotatable bonds is 4. The molecule has 0 spiro atoms. The number of carbonyl (C=O) groups is 2. The van der Waals surface area contributed by atoms with Gasteiger partial charge in [-0.1, -0.05) is 17.7 Å². The van der Waals surface area contributed by atoms with Crippen LogP contribution in [0.1, 0.15) is 27.6 Å². The minimum atomic E-state index is -0.427. The Morgan fingerprint density at radius 1 is 1.19 bits per heavy atom. The van der Waals surface area contributed by atoms with Gasteiger partial charge >= 0.3 is 0 Å². The second-order valence-electron chi connectivity index (χ2n) is 6.79. The highest BCUT2D eigenvalue weighted by molar-refractivity contribution is 7.99. The molecule has 0 unspecified atom stereocenters. The van der Waals surface area contributed by atoms with Gasteiger partial charge in [0.1, 0.15) is 5.82 Å². The van der Waals surface area contributed by atoms with Crippen LogP contribution in [0.15, 0.2) is 64.5 Å². The number of nitrogens with one attached hydrogen (secondary N) is 1. The van der Waals surface area contributed by atoms with E-state index in [9.17, 15) is 14.0 Å². The summed E-state index contributed by atoms with van der Waals surface area (Å²) in [5.41, 5.74) is 1.95. The molecule has 3 aromatic rings. The molecule has 1 aromatic heterocycles. The lowest BCUT2D eigenvalue weighted by molar-refractivity contribution is 0.0985. The Bertz CT molecular complexity index is 1270. The first-order valence-corrected chi connectivity index (χ1v) is 10.5. The number of ether oxygens (including phenoxy) is 1. The van der Waals surface area contributed by atoms with Crippen molar-refractivity contribution in [3.05, 3.63) is 71.7 Å². The van der Waals surface area contributed by atoms with Crippen LogP contribution in [0, 0.1) is 17.7 Å². The molecule has 2 amide bonds. The third kappa shape index (κ3) is 4.29. The monoisotopic (exact) mass is 447 g/mol. The molecule has 0 saturated heterocycles. The summed E-state index contributed by atoms with van der Waals surface area (Å²) in [6, 6.07) is 12.5. The molecule has 1 aliphatic rings. The van der Waals surface area contributed by atoms with Crippen LogP contribution in [-0.2, 0) is 0 Å². The minimum absolute atomic E-state index is 0.197. The fourth-order valence-electron chi connectivity index (χ4n) is 3.18. The van der Waals surface area contributed by atoms with Crippen LogP contribution in [0.5, 0.6) is 5.88 Å². The number of methoxy groups -OCH3 is 1. The third-order valence-corrected chi connectivity index (χ3v) is 5.87. The van der Waals surface area contributed by atoms with E-state index < -0.39 is 5.82 Å². The molecule has 2 aromatic carbocycles. The molecule has 0 saturated carbocycles. The van der Waals surface area contributed by atoms with Crippen LogP contribution in [-0.4, -0.2) is 30.5 Å². The predicted octanol–water partition coefficient (Wildman–Crippen LogP) is 4.62. The molecule has 0 atom stereocenters. The Balaban J connectivity index is 1.69. The molecule has 0 fully saturated rings. The highest BCUT2D eigenvalue weighted by Crippen LogP contribution is 2.42. The minimum Gasteiger partial charge on any atom is -0.481 e. The first kappa shape index (κ1) is 21.4. The van der Waals surface area contributed by atoms with E-state index in [4.69, 9.17) is 4.74 Å². The quantitative estimate of drug-likeness (QED) is 0.591. The first-order valence-electron chi connectivity index (χ1n) is 9.64. The number of anilines is 2. The van der Waals surface area contributed by atoms with E-state index >= 15 is 0 Å². The highest BCUT2D eigenvalue weighted by atomic mass is 32.2. The van der Waals surface area contributed by atoms with E-state index in [0.717, 1.165) is 0 Å². The second kappa shape index (κ2) is 9.12. The highest BCUT2D eigenvalue weighted by Gasteiger charge is 2.27. The van der Waals surface area contributed by atoms with E-state index in [1.54, 1.807) is 42.2 Å². The molecule has 160 valence electrons. The van der Waals surface area contributed by atoms with Crippen LogP contribution in [0.4, 0.5) is 15.8 Å². The lowest BCUT2D eigenvalue weighted by atomic mass is 10.1. The molecule has 1 N–H and O–H groups in total. The predicted molar refractivity (Wildman–Crippen MR) is 121 cm³/mol. The largest absolute Gasteiger partial charge is 0.481 e. The fourth-order valence-corrected chi connectivity index (χ4v) is 4.32. The maximum Gasteiger partial charge on any atom is 0.260 e. The Morgan fingerprint density at radius 3 is 2.75 bits per heavy atom. The van der Waals surface area contributed by atoms with Gasteiger partial charge in [-0.05, 0) is 49.4 Å². The van der Waals surface area contributed by atoms with E-state index in [2.05, 4.69) is 22.1 Å². The van der Waals surface area contributed by atoms with Crippen molar-refractivity contribution in [3.8, 4) is 17.7 Å². The average Bonchev–Trinajstić information content (AvgIpc) is 2.90. The number of halogens is 1. The molecule has 0 bridgehead atoms. The maximum absolute atomic E-state index is 13.9. The number of hydrogen-bond acceptors (Lipinski definition) is 5. The van der Waals surface area contributed by atoms with Gasteiger partial charge in [-0.3, -0.25) is 14.5 Å². The van der Waals surface area contributed by atoms with Crippen LogP contribution in [0.3, 0.4) is 0 Å². The summed E-state index contributed by atoms with van der Waals surface area (Å²) in [5, 5.41) is 2.83. The molecule has 8 heteroatoms. The van der Waals surface area contributed by atoms with E-state index in [1.165, 1.54) is 43.3 Å². The van der Waals surface area contributed by atoms with E-state index in [0.29, 0.717) is 38.2 Å². The number of hydrogen-bond donors (Lipinski definition) is 1. The van der Waals surface area contributed by atoms with Crippen LogP contribution in [0.2, 0.25) is 0 Å². The van der Waals surface area contributed by atoms with Crippen molar-refractivity contribution in [2.24, 2.45) is 0 Å². The number of carbonyl (C=O) groups excluding carboxylic acids is 2. The first-order chi connectivity index (χ1) is 15.5. The van der Waals surface area contributed by atoms with Gasteiger partial charge in [-0.25, -0.2) is 9.37 Å². The van der Waals surface area contributed by atoms with Gasteiger partial charge in [0.2, 0.25) is 5.88 Å². The van der Waals surface area contributed by atoms with E-state index in [1.807, 2.05) is 0 Å². The molecule has 32 heavy (non-hydrogen) atoms. The third-order valence-electron chi connectivity index (χ3n) is 4.77. The lowest BCUT2D eigenvalue weighted by Crippen LogP contribution is -2.31. The molecule has 4 rings (SSSR count). The Morgan fingerprint density at radius 2 is 2.03 bits per heavy atom. The van der Waals surface area contributed by atoms with Crippen molar-refractivity contribution >= 4 is 35.0 Å². The van der Waals surface area contributed by atoms with Gasteiger partial charge in [-0.15, -0.1) is 5.92 Å². The summed E-state index contributed by atoms with van der Waals surface area (Å²) in [6.07, 6.45) is 1.43. The van der Waals surface area contributed by atoms with Crippen molar-refractivity contribution in [1.82, 2.24) is 4.98 Å². The van der Waals surface area contributed by atoms with Gasteiger partial charge in [0.25, 0.3) is 11.8 Å². The molecule has 1 aliphatic heterocycles. The van der Waals surface area contributed by atoms with Crippen LogP contribution in [0.25, 0.3) is 0 Å². The second-order valence-corrected chi connectivity index (χ2v) is 7.87. The Kier molecular flexibility index (Phi) is 6.10. The number of pyridine rings is 1. The number of amides is 2. The Labute approximate surface area is 188 Å². The summed E-state index contributed by atoms with van der Waals surface area (Å²) in [6.45, 7) is 1.90. The number of aromatic nitrogens is 1. The zero-order valence-corrected chi connectivity index (χ0v) is 18.1. The number of nitrogens with zero attached hydrogens (tertiary/aromatic N) is 2. The Hall–Kier alpha value is -3.83. The topological polar surface area (TPSA) is 71.5 Å². The van der Waals surface area contributed by atoms with Crippen molar-refractivity contribution in [2.45, 2.75) is 16.7 Å². The molecule has 6 nitrogen and oxygen atoms in total. The molecule has 0 aliphatic carbocycles. The van der Waals surface area contributed by atoms with Crippen LogP contribution >= 0.6 is 11.8 Å². The molecule has 2 heterocycles. The standard InChI is InChI=1S/C24H18FN3O3S/c1-3-4-11-28-19-9-7-17(27-23(29)15-5-10-22(31-2)26-14-15)13-21(19)32-20-12-16(25)6-8-18(20)24(28)30/h5-10,12-14H,11H2,1-2H3,(H,27,29). The molecule has 0 radical (unpaired) electrons. The zero-order chi connectivity index (χ0) is 22.7. The number of benzene rings is 2. The zero-order valence-electron chi connectivity index (χ0n) is 17.3. The van der Waals surface area contributed by atoms with Gasteiger partial charge in [0.05, 0.1) is 30.5 Å². The molecular formula is C24H18FN3O3S. The summed E-state index contributed by atoms with van der Waals surface area (Å²) in [7, 11) is 1.50. The summed E-state index contributed by atoms with van der Waals surface area (Å²) < 4.78 is 18.9. The van der Waals surface area contributed by atoms with Gasteiger partial charge in [0.15, 0.2) is 0 Å². The van der Waals surface area contributed by atoms with Crippen molar-refractivity contribution in [2.75, 3.05) is 23.9 Å². The van der Waals surface area contributed by atoms with Gasteiger partial charge in [-0.2, -0.15) is 0 Å². The number of fused-ring (bicyclic) bond motifs is 2. The van der Waals surface area contributed by atoms with Gasteiger partial charge in [0, 0.05) is 27.7 Å². The van der Waals surface area contributed by atoms with Crippen molar-refractivity contribution in [1.29, 1.82) is 0 Å². The maximum atomic E-state index is 13.9.